The van der Waals surface area contributed by atoms with Gasteiger partial charge in [0.05, 0.1) is 5.41 Å². The number of amides is 1. The molecule has 2 rings (SSSR count). The number of aryl methyl sites for hydroxylation is 1. The zero-order chi connectivity index (χ0) is 15.5. The van der Waals surface area contributed by atoms with Gasteiger partial charge < -0.3 is 10.2 Å². The van der Waals surface area contributed by atoms with Crippen molar-refractivity contribution in [1.82, 2.24) is 10.2 Å². The molecule has 1 aromatic carbocycles. The molecular weight excluding hydrogens is 260 g/mol. The maximum absolute atomic E-state index is 13.1. The van der Waals surface area contributed by atoms with Crippen LogP contribution in [0.3, 0.4) is 0 Å². The summed E-state index contributed by atoms with van der Waals surface area (Å²) in [6.45, 7) is 11.8. The number of nitrogens with one attached hydrogen (secondary N) is 1. The van der Waals surface area contributed by atoms with E-state index in [9.17, 15) is 4.79 Å². The molecule has 0 bridgehead atoms. The lowest BCUT2D eigenvalue weighted by molar-refractivity contribution is -0.144. The highest BCUT2D eigenvalue weighted by molar-refractivity contribution is 5.83. The van der Waals surface area contributed by atoms with Gasteiger partial charge in [0.25, 0.3) is 0 Å². The zero-order valence-corrected chi connectivity index (χ0v) is 13.8. The van der Waals surface area contributed by atoms with E-state index in [-0.39, 0.29) is 5.41 Å². The Kier molecular flexibility index (Phi) is 5.04. The van der Waals surface area contributed by atoms with Crippen molar-refractivity contribution in [3.8, 4) is 0 Å². The van der Waals surface area contributed by atoms with E-state index < -0.39 is 0 Å². The predicted molar refractivity (Wildman–Crippen MR) is 87.0 cm³/mol. The standard InChI is InChI=1S/C18H28N2O/c1-5-20(12-16-9-7-6-8-15(16)4)17(21)18(14(2)3)10-11-19-13-18/h6-9,14,19H,5,10-13H2,1-4H3. The summed E-state index contributed by atoms with van der Waals surface area (Å²) >= 11 is 0. The first kappa shape index (κ1) is 16.0. The lowest BCUT2D eigenvalue weighted by Gasteiger charge is -2.36. The summed E-state index contributed by atoms with van der Waals surface area (Å²) in [7, 11) is 0. The van der Waals surface area contributed by atoms with E-state index >= 15 is 0 Å². The number of carbonyl (C=O) groups excluding carboxylic acids is 1. The van der Waals surface area contributed by atoms with E-state index in [1.807, 2.05) is 11.0 Å². The van der Waals surface area contributed by atoms with Gasteiger partial charge in [0, 0.05) is 19.6 Å². The number of nitrogens with zero attached hydrogens (tertiary/aromatic N) is 1. The fourth-order valence-electron chi connectivity index (χ4n) is 3.27. The minimum Gasteiger partial charge on any atom is -0.338 e. The van der Waals surface area contributed by atoms with Crippen LogP contribution in [-0.2, 0) is 11.3 Å². The molecule has 21 heavy (non-hydrogen) atoms. The molecule has 1 N–H and O–H groups in total. The van der Waals surface area contributed by atoms with E-state index in [1.54, 1.807) is 0 Å². The number of rotatable bonds is 5. The van der Waals surface area contributed by atoms with Crippen molar-refractivity contribution >= 4 is 5.91 Å². The van der Waals surface area contributed by atoms with Crippen molar-refractivity contribution in [2.75, 3.05) is 19.6 Å². The van der Waals surface area contributed by atoms with Gasteiger partial charge in [-0.1, -0.05) is 38.1 Å². The van der Waals surface area contributed by atoms with E-state index in [4.69, 9.17) is 0 Å². The quantitative estimate of drug-likeness (QED) is 0.903. The molecule has 1 aliphatic rings. The van der Waals surface area contributed by atoms with Gasteiger partial charge in [0.1, 0.15) is 0 Å². The Morgan fingerprint density at radius 2 is 2.10 bits per heavy atom. The van der Waals surface area contributed by atoms with E-state index in [0.29, 0.717) is 11.8 Å². The molecule has 1 aliphatic heterocycles. The predicted octanol–water partition coefficient (Wildman–Crippen LogP) is 2.98. The van der Waals surface area contributed by atoms with Gasteiger partial charge in [-0.25, -0.2) is 0 Å². The Bertz CT molecular complexity index is 490. The van der Waals surface area contributed by atoms with Gasteiger partial charge in [-0.15, -0.1) is 0 Å². The van der Waals surface area contributed by atoms with Crippen LogP contribution in [0.25, 0.3) is 0 Å². The molecule has 1 fully saturated rings. The molecule has 3 nitrogen and oxygen atoms in total. The fourth-order valence-corrected chi connectivity index (χ4v) is 3.27. The van der Waals surface area contributed by atoms with Crippen molar-refractivity contribution in [3.63, 3.8) is 0 Å². The smallest absolute Gasteiger partial charge is 0.230 e. The molecule has 116 valence electrons. The van der Waals surface area contributed by atoms with Crippen LogP contribution in [0, 0.1) is 18.3 Å². The number of hydrogen-bond acceptors (Lipinski definition) is 2. The second-order valence-electron chi connectivity index (χ2n) is 6.48. The fraction of sp³-hybridized carbons (Fsp3) is 0.611. The first-order valence-electron chi connectivity index (χ1n) is 8.06. The van der Waals surface area contributed by atoms with Gasteiger partial charge in [-0.3, -0.25) is 4.79 Å². The number of benzene rings is 1. The van der Waals surface area contributed by atoms with E-state index in [2.05, 4.69) is 51.2 Å². The van der Waals surface area contributed by atoms with Gasteiger partial charge in [-0.05, 0) is 43.9 Å². The maximum atomic E-state index is 13.1. The van der Waals surface area contributed by atoms with Crippen LogP contribution in [0.2, 0.25) is 0 Å². The Balaban J connectivity index is 2.20. The molecule has 0 saturated carbocycles. The first-order valence-corrected chi connectivity index (χ1v) is 8.06. The maximum Gasteiger partial charge on any atom is 0.230 e. The van der Waals surface area contributed by atoms with Crippen LogP contribution in [0.1, 0.15) is 38.3 Å². The lowest BCUT2D eigenvalue weighted by Crippen LogP contribution is -2.48. The van der Waals surface area contributed by atoms with Crippen LogP contribution >= 0.6 is 0 Å². The minimum atomic E-state index is -0.224. The largest absolute Gasteiger partial charge is 0.338 e. The molecular formula is C18H28N2O. The lowest BCUT2D eigenvalue weighted by atomic mass is 9.75. The van der Waals surface area contributed by atoms with Crippen molar-refractivity contribution in [3.05, 3.63) is 35.4 Å². The normalized spacial score (nSPS) is 21.8. The molecule has 0 aliphatic carbocycles. The van der Waals surface area contributed by atoms with Crippen molar-refractivity contribution in [2.45, 2.75) is 40.7 Å². The minimum absolute atomic E-state index is 0.224. The van der Waals surface area contributed by atoms with Crippen molar-refractivity contribution in [1.29, 1.82) is 0 Å². The second-order valence-corrected chi connectivity index (χ2v) is 6.48. The third-order valence-corrected chi connectivity index (χ3v) is 5.01. The second kappa shape index (κ2) is 6.61. The molecule has 1 saturated heterocycles. The SMILES string of the molecule is CCN(Cc1ccccc1C)C(=O)C1(C(C)C)CCNC1. The van der Waals surface area contributed by atoms with Crippen LogP contribution in [0.5, 0.6) is 0 Å². The molecule has 1 aromatic rings. The van der Waals surface area contributed by atoms with Crippen LogP contribution < -0.4 is 5.32 Å². The van der Waals surface area contributed by atoms with E-state index in [0.717, 1.165) is 32.6 Å². The summed E-state index contributed by atoms with van der Waals surface area (Å²) in [5.74, 6) is 0.680. The Labute approximate surface area is 128 Å². The summed E-state index contributed by atoms with van der Waals surface area (Å²) < 4.78 is 0. The monoisotopic (exact) mass is 288 g/mol. The summed E-state index contributed by atoms with van der Waals surface area (Å²) in [6, 6.07) is 8.34. The van der Waals surface area contributed by atoms with Gasteiger partial charge in [-0.2, -0.15) is 0 Å². The highest BCUT2D eigenvalue weighted by Gasteiger charge is 2.45. The van der Waals surface area contributed by atoms with Gasteiger partial charge >= 0.3 is 0 Å². The summed E-state index contributed by atoms with van der Waals surface area (Å²) in [5, 5.41) is 3.38. The molecule has 0 aromatic heterocycles. The number of carbonyl (C=O) groups is 1. The van der Waals surface area contributed by atoms with Crippen LogP contribution in [0.4, 0.5) is 0 Å². The Morgan fingerprint density at radius 3 is 2.62 bits per heavy atom. The molecule has 0 spiro atoms. The van der Waals surface area contributed by atoms with E-state index in [1.165, 1.54) is 11.1 Å². The number of hydrogen-bond donors (Lipinski definition) is 1. The van der Waals surface area contributed by atoms with Crippen LogP contribution in [-0.4, -0.2) is 30.4 Å². The first-order chi connectivity index (χ1) is 10.0. The topological polar surface area (TPSA) is 32.3 Å². The molecule has 1 atom stereocenters. The highest BCUT2D eigenvalue weighted by atomic mass is 16.2. The third-order valence-electron chi connectivity index (χ3n) is 5.01. The average molecular weight is 288 g/mol. The van der Waals surface area contributed by atoms with Crippen molar-refractivity contribution < 1.29 is 4.79 Å². The van der Waals surface area contributed by atoms with Crippen LogP contribution in [0.15, 0.2) is 24.3 Å². The summed E-state index contributed by atoms with van der Waals surface area (Å²) in [4.78, 5) is 15.2. The molecule has 1 heterocycles. The molecule has 3 heteroatoms. The summed E-state index contributed by atoms with van der Waals surface area (Å²) in [5.41, 5.74) is 2.28. The third kappa shape index (κ3) is 3.13. The molecule has 1 amide bonds. The average Bonchev–Trinajstić information content (AvgIpc) is 2.96. The van der Waals surface area contributed by atoms with Crippen molar-refractivity contribution in [2.24, 2.45) is 11.3 Å². The molecule has 1 unspecified atom stereocenters. The molecule has 0 radical (unpaired) electrons. The summed E-state index contributed by atoms with van der Waals surface area (Å²) in [6.07, 6.45) is 0.952. The highest BCUT2D eigenvalue weighted by Crippen LogP contribution is 2.36. The Morgan fingerprint density at radius 1 is 1.38 bits per heavy atom. The van der Waals surface area contributed by atoms with Gasteiger partial charge in [0.2, 0.25) is 5.91 Å². The Hall–Kier alpha value is -1.35. The zero-order valence-electron chi connectivity index (χ0n) is 13.8. The van der Waals surface area contributed by atoms with Gasteiger partial charge in [0.15, 0.2) is 0 Å².